The average molecular weight is 709 g/mol. The minimum atomic E-state index is -0.970. The monoisotopic (exact) mass is 708 g/mol. The van der Waals surface area contributed by atoms with Gasteiger partial charge in [0.05, 0.1) is 12.1 Å². The van der Waals surface area contributed by atoms with Gasteiger partial charge < -0.3 is 30.7 Å². The van der Waals surface area contributed by atoms with Crippen LogP contribution in [-0.4, -0.2) is 77.9 Å². The van der Waals surface area contributed by atoms with Gasteiger partial charge in [-0.25, -0.2) is 14.4 Å². The highest BCUT2D eigenvalue weighted by molar-refractivity contribution is 8.00. The van der Waals surface area contributed by atoms with E-state index in [1.807, 2.05) is 36.0 Å². The van der Waals surface area contributed by atoms with E-state index in [4.69, 9.17) is 9.47 Å². The molecule has 0 radical (unpaired) electrons. The predicted octanol–water partition coefficient (Wildman–Crippen LogP) is 4.46. The predicted molar refractivity (Wildman–Crippen MR) is 190 cm³/mol. The van der Waals surface area contributed by atoms with Crippen molar-refractivity contribution in [3.05, 3.63) is 59.7 Å². The lowest BCUT2D eigenvalue weighted by Crippen LogP contribution is -2.53. The van der Waals surface area contributed by atoms with E-state index in [9.17, 15) is 24.0 Å². The molecule has 3 aliphatic rings. The number of ether oxygens (including phenoxy) is 2. The number of thioether (sulfide) groups is 1. The minimum Gasteiger partial charge on any atom is -0.449 e. The number of alkyl carbamates (subject to hydrolysis) is 2. The zero-order valence-electron chi connectivity index (χ0n) is 28.8. The molecule has 2 heterocycles. The molecule has 2 aliphatic heterocycles. The van der Waals surface area contributed by atoms with Crippen molar-refractivity contribution in [2.24, 2.45) is 0 Å². The van der Waals surface area contributed by atoms with Gasteiger partial charge in [-0.3, -0.25) is 20.4 Å². The molecule has 1 aliphatic carbocycles. The van der Waals surface area contributed by atoms with Crippen molar-refractivity contribution in [3.8, 4) is 11.1 Å². The van der Waals surface area contributed by atoms with Gasteiger partial charge in [-0.05, 0) is 75.1 Å². The van der Waals surface area contributed by atoms with E-state index in [-0.39, 0.29) is 49.4 Å². The lowest BCUT2D eigenvalue weighted by Gasteiger charge is -2.23. The Morgan fingerprint density at radius 2 is 1.60 bits per heavy atom. The van der Waals surface area contributed by atoms with Crippen LogP contribution in [0.4, 0.5) is 14.4 Å². The number of unbranched alkanes of at least 4 members (excludes halogenated alkanes) is 2. The van der Waals surface area contributed by atoms with Crippen molar-refractivity contribution in [2.45, 2.75) is 101 Å². The molecule has 5 rings (SSSR count). The van der Waals surface area contributed by atoms with E-state index in [1.54, 1.807) is 20.8 Å². The number of hydrogen-bond donors (Lipinski definition) is 6. The molecule has 2 saturated heterocycles. The first-order valence-electron chi connectivity index (χ1n) is 17.3. The van der Waals surface area contributed by atoms with E-state index in [2.05, 4.69) is 56.4 Å². The zero-order chi connectivity index (χ0) is 35.7. The fourth-order valence-corrected chi connectivity index (χ4v) is 8.13. The molecule has 0 aromatic heterocycles. The first-order valence-corrected chi connectivity index (χ1v) is 18.4. The quantitative estimate of drug-likeness (QED) is 0.0947. The third kappa shape index (κ3) is 10.1. The first-order chi connectivity index (χ1) is 24.0. The van der Waals surface area contributed by atoms with Gasteiger partial charge in [0.2, 0.25) is 5.91 Å². The highest BCUT2D eigenvalue weighted by Gasteiger charge is 2.42. The van der Waals surface area contributed by atoms with Crippen LogP contribution in [0.5, 0.6) is 0 Å². The Kier molecular flexibility index (Phi) is 12.5. The molecule has 2 aromatic rings. The number of benzene rings is 2. The van der Waals surface area contributed by atoms with E-state index in [0.29, 0.717) is 31.1 Å². The van der Waals surface area contributed by atoms with Crippen LogP contribution in [0.15, 0.2) is 48.5 Å². The van der Waals surface area contributed by atoms with Crippen molar-refractivity contribution in [3.63, 3.8) is 0 Å². The van der Waals surface area contributed by atoms with Crippen molar-refractivity contribution in [1.82, 2.24) is 32.1 Å². The molecule has 2 aromatic carbocycles. The maximum Gasteiger partial charge on any atom is 0.408 e. The highest BCUT2D eigenvalue weighted by Crippen LogP contribution is 2.44. The second-order valence-corrected chi connectivity index (χ2v) is 15.1. The van der Waals surface area contributed by atoms with Crippen LogP contribution in [0.2, 0.25) is 0 Å². The molecule has 13 nitrogen and oxygen atoms in total. The van der Waals surface area contributed by atoms with Crippen molar-refractivity contribution in [1.29, 1.82) is 0 Å². The molecule has 0 unspecified atom stereocenters. The zero-order valence-corrected chi connectivity index (χ0v) is 29.7. The summed E-state index contributed by atoms with van der Waals surface area (Å²) < 4.78 is 10.9. The average Bonchev–Trinajstić information content (AvgIpc) is 3.73. The lowest BCUT2D eigenvalue weighted by atomic mass is 9.98. The summed E-state index contributed by atoms with van der Waals surface area (Å²) in [5.41, 5.74) is 8.69. The number of carbonyl (C=O) groups is 5. The van der Waals surface area contributed by atoms with E-state index >= 15 is 0 Å². The summed E-state index contributed by atoms with van der Waals surface area (Å²) in [6, 6.07) is 15.5. The Balaban J connectivity index is 1.00. The molecule has 14 heteroatoms. The molecular weight excluding hydrogens is 660 g/mol. The number of fused-ring (bicyclic) bond motifs is 4. The number of carbonyl (C=O) groups excluding carboxylic acids is 5. The van der Waals surface area contributed by atoms with Gasteiger partial charge in [0.25, 0.3) is 5.91 Å². The summed E-state index contributed by atoms with van der Waals surface area (Å²) in [6.45, 7) is 5.70. The normalized spacial score (nSPS) is 19.6. The number of amides is 6. The van der Waals surface area contributed by atoms with E-state index in [0.717, 1.165) is 40.8 Å². The molecule has 4 atom stereocenters. The van der Waals surface area contributed by atoms with Gasteiger partial charge in [-0.2, -0.15) is 11.8 Å². The highest BCUT2D eigenvalue weighted by atomic mass is 32.2. The maximum atomic E-state index is 13.0. The Hall–Kier alpha value is -4.46. The SMILES string of the molecule is CC(C)(C)OC(=O)N[C@H](CCCCNC(=O)OCC1c2ccccc2-c2ccccc21)C(=O)NNC(=O)CCCC[C@@H]1SC[C@@H]2NC(=O)N[C@@H]21. The molecule has 50 heavy (non-hydrogen) atoms. The van der Waals surface area contributed by atoms with Crippen LogP contribution in [0, 0.1) is 0 Å². The second-order valence-electron chi connectivity index (χ2n) is 13.9. The Morgan fingerprint density at radius 3 is 2.30 bits per heavy atom. The molecule has 270 valence electrons. The van der Waals surface area contributed by atoms with E-state index < -0.39 is 29.7 Å². The summed E-state index contributed by atoms with van der Waals surface area (Å²) >= 11 is 1.83. The van der Waals surface area contributed by atoms with Crippen LogP contribution in [0.1, 0.15) is 82.8 Å². The molecule has 0 saturated carbocycles. The fraction of sp³-hybridized carbons (Fsp3) is 0.528. The number of hydrazine groups is 1. The largest absolute Gasteiger partial charge is 0.449 e. The molecule has 6 N–H and O–H groups in total. The summed E-state index contributed by atoms with van der Waals surface area (Å²) in [4.78, 5) is 62.1. The van der Waals surface area contributed by atoms with Gasteiger partial charge in [-0.1, -0.05) is 55.0 Å². The number of urea groups is 1. The summed E-state index contributed by atoms with van der Waals surface area (Å²) in [5, 5.41) is 11.6. The third-order valence-corrected chi connectivity index (χ3v) is 10.5. The number of nitrogens with one attached hydrogen (secondary N) is 6. The van der Waals surface area contributed by atoms with Crippen molar-refractivity contribution in [2.75, 3.05) is 18.9 Å². The molecule has 0 bridgehead atoms. The molecular formula is C36H48N6O7S. The number of rotatable bonds is 14. The second kappa shape index (κ2) is 17.0. The van der Waals surface area contributed by atoms with Crippen LogP contribution in [0.25, 0.3) is 11.1 Å². The van der Waals surface area contributed by atoms with Gasteiger partial charge >= 0.3 is 18.2 Å². The minimum absolute atomic E-state index is 0.0362. The van der Waals surface area contributed by atoms with Gasteiger partial charge in [0.15, 0.2) is 0 Å². The Morgan fingerprint density at radius 1 is 0.900 bits per heavy atom. The van der Waals surface area contributed by atoms with Crippen molar-refractivity contribution < 1.29 is 33.4 Å². The van der Waals surface area contributed by atoms with Crippen molar-refractivity contribution >= 4 is 41.8 Å². The third-order valence-electron chi connectivity index (χ3n) is 8.95. The lowest BCUT2D eigenvalue weighted by molar-refractivity contribution is -0.130. The Labute approximate surface area is 297 Å². The topological polar surface area (TPSA) is 176 Å². The number of hydrogen-bond acceptors (Lipinski definition) is 8. The van der Waals surface area contributed by atoms with Gasteiger partial charge in [0, 0.05) is 29.9 Å². The maximum absolute atomic E-state index is 13.0. The van der Waals surface area contributed by atoms with Crippen LogP contribution >= 0.6 is 11.8 Å². The van der Waals surface area contributed by atoms with Gasteiger partial charge in [-0.15, -0.1) is 0 Å². The first kappa shape index (κ1) is 36.8. The van der Waals surface area contributed by atoms with Crippen LogP contribution < -0.4 is 32.1 Å². The van der Waals surface area contributed by atoms with E-state index in [1.165, 1.54) is 0 Å². The molecule has 2 fully saturated rings. The standard InChI is InChI=1S/C36H48N6O7S/c1-36(2,3)49-35(47)39-27(32(44)42-41-30(43)18-9-8-17-29-31-28(21-50-29)38-33(45)40-31)16-10-11-19-37-34(46)48-20-26-24-14-6-4-12-22(24)23-13-5-7-15-25(23)26/h4-7,12-15,26-29,31H,8-11,16-21H2,1-3H3,(H,37,46)(H,39,47)(H,41,43)(H,42,44)(H2,38,40,45)/t27-,28+,29+,31+/m1/s1. The summed E-state index contributed by atoms with van der Waals surface area (Å²) in [6.07, 6.45) is 2.54. The Bertz CT molecular complexity index is 1500. The molecule has 0 spiro atoms. The smallest absolute Gasteiger partial charge is 0.408 e. The molecule has 6 amide bonds. The van der Waals surface area contributed by atoms with Crippen LogP contribution in [-0.2, 0) is 19.1 Å². The fourth-order valence-electron chi connectivity index (χ4n) is 6.59. The van der Waals surface area contributed by atoms with Crippen LogP contribution in [0.3, 0.4) is 0 Å². The van der Waals surface area contributed by atoms with Gasteiger partial charge in [0.1, 0.15) is 18.2 Å². The summed E-state index contributed by atoms with van der Waals surface area (Å²) in [5.74, 6) is -0.0688. The summed E-state index contributed by atoms with van der Waals surface area (Å²) in [7, 11) is 0.